The van der Waals surface area contributed by atoms with E-state index < -0.39 is 41.7 Å². The predicted octanol–water partition coefficient (Wildman–Crippen LogP) is 1.60. The fraction of sp³-hybridized carbons (Fsp3) is 0.400. The van der Waals surface area contributed by atoms with E-state index in [1.165, 1.54) is 7.11 Å². The van der Waals surface area contributed by atoms with Crippen molar-refractivity contribution in [2.75, 3.05) is 43.2 Å². The molecule has 2 fully saturated rings. The third kappa shape index (κ3) is 3.32. The molecule has 3 amide bonds. The molecule has 1 N–H and O–H groups in total. The van der Waals surface area contributed by atoms with Crippen LogP contribution in [0.15, 0.2) is 12.1 Å². The van der Waals surface area contributed by atoms with Gasteiger partial charge in [0.15, 0.2) is 11.6 Å². The Hall–Kier alpha value is -3.11. The van der Waals surface area contributed by atoms with Crippen molar-refractivity contribution in [3.05, 3.63) is 23.8 Å². The molecule has 3 rings (SSSR count). The summed E-state index contributed by atoms with van der Waals surface area (Å²) >= 11 is 0. The summed E-state index contributed by atoms with van der Waals surface area (Å²) in [7, 11) is 1.19. The molecule has 0 aromatic heterocycles. The topological polar surface area (TPSA) is 97.4 Å². The van der Waals surface area contributed by atoms with Crippen molar-refractivity contribution >= 4 is 29.7 Å². The molecule has 1 aromatic rings. The Morgan fingerprint density at radius 1 is 1.27 bits per heavy atom. The molecular weight excluding hydrogens is 356 g/mol. The summed E-state index contributed by atoms with van der Waals surface area (Å²) in [4.78, 5) is 36.4. The standard InChI is InChI=1S/C15H15F2N3O6/c1-24-13(21)18-6-9-7-20(15(23)26-9)8-4-10(16)12(11(17)5-8)19-2-3-25-14(19)22/h4-5,9H,2-3,6-7H2,1H3,(H,18,21)/t9-/m0/s1. The van der Waals surface area contributed by atoms with Gasteiger partial charge in [0.25, 0.3) is 0 Å². The normalized spacial score (nSPS) is 19.4. The smallest absolute Gasteiger partial charge is 0.414 e. The molecule has 0 radical (unpaired) electrons. The van der Waals surface area contributed by atoms with Gasteiger partial charge in [0, 0.05) is 12.1 Å². The Morgan fingerprint density at radius 3 is 2.54 bits per heavy atom. The van der Waals surface area contributed by atoms with Crippen LogP contribution in [0.4, 0.5) is 34.5 Å². The lowest BCUT2D eigenvalue weighted by molar-refractivity contribution is 0.132. The Labute approximate surface area is 146 Å². The third-order valence-corrected chi connectivity index (χ3v) is 3.88. The number of carbonyl (C=O) groups excluding carboxylic acids is 3. The molecule has 2 aliphatic heterocycles. The van der Waals surface area contributed by atoms with E-state index in [9.17, 15) is 23.2 Å². The maximum atomic E-state index is 14.4. The minimum absolute atomic E-state index is 0.0163. The van der Waals surface area contributed by atoms with E-state index in [4.69, 9.17) is 4.74 Å². The van der Waals surface area contributed by atoms with Gasteiger partial charge in [0.2, 0.25) is 0 Å². The number of amides is 3. The number of hydrogen-bond donors (Lipinski definition) is 1. The number of rotatable bonds is 4. The molecule has 2 saturated heterocycles. The fourth-order valence-corrected chi connectivity index (χ4v) is 2.67. The number of cyclic esters (lactones) is 2. The van der Waals surface area contributed by atoms with E-state index >= 15 is 0 Å². The lowest BCUT2D eigenvalue weighted by atomic mass is 10.2. The van der Waals surface area contributed by atoms with Crippen LogP contribution in [0.5, 0.6) is 0 Å². The first-order valence-electron chi connectivity index (χ1n) is 7.64. The molecule has 0 unspecified atom stereocenters. The molecule has 1 aromatic carbocycles. The maximum Gasteiger partial charge on any atom is 0.414 e. The maximum absolute atomic E-state index is 14.4. The van der Waals surface area contributed by atoms with Gasteiger partial charge in [0.1, 0.15) is 18.4 Å². The number of carbonyl (C=O) groups is 3. The van der Waals surface area contributed by atoms with Crippen LogP contribution < -0.4 is 15.1 Å². The van der Waals surface area contributed by atoms with Gasteiger partial charge in [-0.2, -0.15) is 0 Å². The van der Waals surface area contributed by atoms with E-state index in [0.29, 0.717) is 0 Å². The van der Waals surface area contributed by atoms with Crippen molar-refractivity contribution in [2.24, 2.45) is 0 Å². The molecule has 1 atom stereocenters. The van der Waals surface area contributed by atoms with Gasteiger partial charge in [-0.3, -0.25) is 9.80 Å². The number of anilines is 2. The molecule has 0 aliphatic carbocycles. The van der Waals surface area contributed by atoms with E-state index in [2.05, 4.69) is 14.8 Å². The van der Waals surface area contributed by atoms with E-state index in [-0.39, 0.29) is 31.9 Å². The van der Waals surface area contributed by atoms with Gasteiger partial charge in [-0.1, -0.05) is 0 Å². The van der Waals surface area contributed by atoms with Crippen LogP contribution in [0.25, 0.3) is 0 Å². The highest BCUT2D eigenvalue weighted by Crippen LogP contribution is 2.32. The van der Waals surface area contributed by atoms with Crippen LogP contribution in [0, 0.1) is 11.6 Å². The minimum atomic E-state index is -1.01. The van der Waals surface area contributed by atoms with Crippen molar-refractivity contribution in [3.8, 4) is 0 Å². The van der Waals surface area contributed by atoms with Crippen LogP contribution >= 0.6 is 0 Å². The van der Waals surface area contributed by atoms with Crippen molar-refractivity contribution < 1.29 is 37.4 Å². The van der Waals surface area contributed by atoms with E-state index in [1.54, 1.807) is 0 Å². The second-order valence-electron chi connectivity index (χ2n) is 5.51. The summed E-state index contributed by atoms with van der Waals surface area (Å²) in [6.45, 7) is 0.0240. The van der Waals surface area contributed by atoms with Crippen LogP contribution in [0.2, 0.25) is 0 Å². The molecule has 0 bridgehead atoms. The van der Waals surface area contributed by atoms with Gasteiger partial charge < -0.3 is 19.5 Å². The van der Waals surface area contributed by atoms with Crippen LogP contribution in [0.3, 0.4) is 0 Å². The minimum Gasteiger partial charge on any atom is -0.453 e. The fourth-order valence-electron chi connectivity index (χ4n) is 2.67. The van der Waals surface area contributed by atoms with Crippen LogP contribution in [-0.2, 0) is 14.2 Å². The Morgan fingerprint density at radius 2 is 1.96 bits per heavy atom. The number of hydrogen-bond acceptors (Lipinski definition) is 6. The molecule has 2 aliphatic rings. The number of nitrogens with zero attached hydrogens (tertiary/aromatic N) is 2. The van der Waals surface area contributed by atoms with Crippen LogP contribution in [0.1, 0.15) is 0 Å². The van der Waals surface area contributed by atoms with Crippen LogP contribution in [-0.4, -0.2) is 57.7 Å². The molecular formula is C15H15F2N3O6. The second-order valence-corrected chi connectivity index (χ2v) is 5.51. The second kappa shape index (κ2) is 7.02. The molecule has 9 nitrogen and oxygen atoms in total. The number of ether oxygens (including phenoxy) is 3. The monoisotopic (exact) mass is 371 g/mol. The van der Waals surface area contributed by atoms with Gasteiger partial charge >= 0.3 is 18.3 Å². The van der Waals surface area contributed by atoms with Crippen molar-refractivity contribution in [1.29, 1.82) is 0 Å². The highest BCUT2D eigenvalue weighted by Gasteiger charge is 2.35. The van der Waals surface area contributed by atoms with Gasteiger partial charge in [-0.25, -0.2) is 23.2 Å². The average molecular weight is 371 g/mol. The lowest BCUT2D eigenvalue weighted by Crippen LogP contribution is -2.34. The zero-order valence-corrected chi connectivity index (χ0v) is 13.7. The molecule has 140 valence electrons. The summed E-state index contributed by atoms with van der Waals surface area (Å²) in [6.07, 6.45) is -3.06. The van der Waals surface area contributed by atoms with Gasteiger partial charge in [0.05, 0.1) is 32.4 Å². The van der Waals surface area contributed by atoms with Crippen molar-refractivity contribution in [2.45, 2.75) is 6.10 Å². The SMILES string of the molecule is COC(=O)NC[C@H]1CN(c2cc(F)c(N3CCOC3=O)c(F)c2)C(=O)O1. The molecule has 26 heavy (non-hydrogen) atoms. The number of halogens is 2. The highest BCUT2D eigenvalue weighted by atomic mass is 19.1. The van der Waals surface area contributed by atoms with Gasteiger partial charge in [-0.15, -0.1) is 0 Å². The molecule has 0 spiro atoms. The number of methoxy groups -OCH3 is 1. The first kappa shape index (κ1) is 17.7. The summed E-state index contributed by atoms with van der Waals surface area (Å²) in [5.74, 6) is -2.02. The highest BCUT2D eigenvalue weighted by molar-refractivity contribution is 5.92. The Balaban J connectivity index is 1.76. The number of alkyl carbamates (subject to hydrolysis) is 1. The number of benzene rings is 1. The third-order valence-electron chi connectivity index (χ3n) is 3.88. The summed E-state index contributed by atoms with van der Waals surface area (Å²) in [5, 5.41) is 2.37. The van der Waals surface area contributed by atoms with Crippen molar-refractivity contribution in [3.63, 3.8) is 0 Å². The van der Waals surface area contributed by atoms with Crippen molar-refractivity contribution in [1.82, 2.24) is 5.32 Å². The zero-order chi connectivity index (χ0) is 18.8. The number of nitrogens with one attached hydrogen (secondary N) is 1. The first-order valence-corrected chi connectivity index (χ1v) is 7.64. The zero-order valence-electron chi connectivity index (χ0n) is 13.7. The molecule has 0 saturated carbocycles. The summed E-state index contributed by atoms with van der Waals surface area (Å²) in [5.41, 5.74) is -0.602. The van der Waals surface area contributed by atoms with Gasteiger partial charge in [-0.05, 0) is 0 Å². The predicted molar refractivity (Wildman–Crippen MR) is 83.1 cm³/mol. The van der Waals surface area contributed by atoms with E-state index in [1.807, 2.05) is 0 Å². The van der Waals surface area contributed by atoms with E-state index in [0.717, 1.165) is 21.9 Å². The molecule has 2 heterocycles. The average Bonchev–Trinajstić information content (AvgIpc) is 3.18. The first-order chi connectivity index (χ1) is 12.4. The summed E-state index contributed by atoms with van der Waals surface area (Å²) < 4.78 is 42.9. The lowest BCUT2D eigenvalue weighted by Gasteiger charge is -2.18. The largest absolute Gasteiger partial charge is 0.453 e. The Bertz CT molecular complexity index is 736. The molecule has 11 heteroatoms. The summed E-state index contributed by atoms with van der Waals surface area (Å²) in [6, 6.07) is 1.86. The Kier molecular flexibility index (Phi) is 4.78. The quantitative estimate of drug-likeness (QED) is 0.808.